The Labute approximate surface area is 243 Å². The fourth-order valence-corrected chi connectivity index (χ4v) is 5.73. The fourth-order valence-electron chi connectivity index (χ4n) is 5.73. The molecule has 0 atom stereocenters. The molecule has 0 amide bonds. The Kier molecular flexibility index (Phi) is 5.79. The highest BCUT2D eigenvalue weighted by molar-refractivity contribution is 6.00. The molecule has 0 bridgehead atoms. The quantitative estimate of drug-likeness (QED) is 0.225. The second-order valence-electron chi connectivity index (χ2n) is 10.6. The van der Waals surface area contributed by atoms with E-state index in [1.165, 1.54) is 27.1 Å². The standard InChI is InChI=1S/C39H25N3/c1-3-9-28-21-30(14-12-26(28)7-1)31-16-18-36-35(23-31)34(33-17-19-38(41-25-33)37-11-5-6-20-40-37)24-39(42-36)32-15-13-27-8-2-4-10-29(27)22-32/h1-25H. The summed E-state index contributed by atoms with van der Waals surface area (Å²) in [6.45, 7) is 0. The molecule has 0 aliphatic heterocycles. The van der Waals surface area contributed by atoms with Gasteiger partial charge < -0.3 is 0 Å². The molecule has 0 saturated heterocycles. The molecule has 0 spiro atoms. The summed E-state index contributed by atoms with van der Waals surface area (Å²) >= 11 is 0. The van der Waals surface area contributed by atoms with Crippen LogP contribution in [0.2, 0.25) is 0 Å². The van der Waals surface area contributed by atoms with Crippen molar-refractivity contribution >= 4 is 32.4 Å². The van der Waals surface area contributed by atoms with E-state index >= 15 is 0 Å². The third kappa shape index (κ3) is 4.38. The Morgan fingerprint density at radius 1 is 0.381 bits per heavy atom. The summed E-state index contributed by atoms with van der Waals surface area (Å²) in [5, 5.41) is 5.98. The van der Waals surface area contributed by atoms with Gasteiger partial charge in [-0.3, -0.25) is 9.97 Å². The van der Waals surface area contributed by atoms with Crippen LogP contribution in [0.4, 0.5) is 0 Å². The van der Waals surface area contributed by atoms with Crippen LogP contribution in [0.1, 0.15) is 0 Å². The Balaban J connectivity index is 1.31. The maximum Gasteiger partial charge on any atom is 0.0886 e. The molecule has 8 rings (SSSR count). The van der Waals surface area contributed by atoms with E-state index in [9.17, 15) is 0 Å². The lowest BCUT2D eigenvalue weighted by Gasteiger charge is -2.13. The van der Waals surface area contributed by atoms with Gasteiger partial charge in [0.25, 0.3) is 0 Å². The molecule has 8 aromatic rings. The molecule has 0 unspecified atom stereocenters. The van der Waals surface area contributed by atoms with E-state index in [4.69, 9.17) is 9.97 Å². The number of pyridine rings is 3. The molecule has 3 heteroatoms. The molecule has 196 valence electrons. The van der Waals surface area contributed by atoms with Gasteiger partial charge in [-0.2, -0.15) is 0 Å². The molecule has 5 aromatic carbocycles. The predicted molar refractivity (Wildman–Crippen MR) is 174 cm³/mol. The van der Waals surface area contributed by atoms with Crippen molar-refractivity contribution in [2.75, 3.05) is 0 Å². The van der Waals surface area contributed by atoms with Gasteiger partial charge in [-0.25, -0.2) is 4.98 Å². The third-order valence-electron chi connectivity index (χ3n) is 7.94. The van der Waals surface area contributed by atoms with Crippen molar-refractivity contribution in [3.8, 4) is 44.9 Å². The minimum absolute atomic E-state index is 0.851. The highest BCUT2D eigenvalue weighted by atomic mass is 14.8. The zero-order valence-corrected chi connectivity index (χ0v) is 22.8. The SMILES string of the molecule is c1ccc(-c2ccc(-c3cc(-c4ccc5ccccc5c4)nc4ccc(-c5ccc6ccccc6c5)cc34)cn2)nc1. The number of nitrogens with zero attached hydrogens (tertiary/aromatic N) is 3. The second-order valence-corrected chi connectivity index (χ2v) is 10.6. The van der Waals surface area contributed by atoms with E-state index in [1.807, 2.05) is 30.5 Å². The van der Waals surface area contributed by atoms with E-state index in [0.29, 0.717) is 0 Å². The number of hydrogen-bond donors (Lipinski definition) is 0. The largest absolute Gasteiger partial charge is 0.255 e. The van der Waals surface area contributed by atoms with Crippen molar-refractivity contribution in [3.63, 3.8) is 0 Å². The number of benzene rings is 5. The van der Waals surface area contributed by atoms with Crippen molar-refractivity contribution in [1.29, 1.82) is 0 Å². The van der Waals surface area contributed by atoms with Crippen molar-refractivity contribution in [1.82, 2.24) is 15.0 Å². The Hall–Kier alpha value is -5.67. The lowest BCUT2D eigenvalue weighted by Crippen LogP contribution is -1.93. The maximum absolute atomic E-state index is 5.16. The first-order chi connectivity index (χ1) is 20.8. The van der Waals surface area contributed by atoms with Crippen LogP contribution in [0.5, 0.6) is 0 Å². The van der Waals surface area contributed by atoms with Gasteiger partial charge in [0, 0.05) is 28.9 Å². The molecule has 0 saturated carbocycles. The molecule has 0 aliphatic rings. The molecule has 0 fully saturated rings. The lowest BCUT2D eigenvalue weighted by molar-refractivity contribution is 1.25. The van der Waals surface area contributed by atoms with Crippen molar-refractivity contribution < 1.29 is 0 Å². The fraction of sp³-hybridized carbons (Fsp3) is 0. The first-order valence-electron chi connectivity index (χ1n) is 14.1. The van der Waals surface area contributed by atoms with Gasteiger partial charge in [0.15, 0.2) is 0 Å². The van der Waals surface area contributed by atoms with E-state index in [2.05, 4.69) is 120 Å². The van der Waals surface area contributed by atoms with Gasteiger partial charge in [0.05, 0.1) is 22.6 Å². The summed E-state index contributed by atoms with van der Waals surface area (Å²) in [5.74, 6) is 0. The van der Waals surface area contributed by atoms with Crippen LogP contribution in [-0.4, -0.2) is 15.0 Å². The Bertz CT molecular complexity index is 2240. The third-order valence-corrected chi connectivity index (χ3v) is 7.94. The van der Waals surface area contributed by atoms with Gasteiger partial charge in [0.2, 0.25) is 0 Å². The summed E-state index contributed by atoms with van der Waals surface area (Å²) in [4.78, 5) is 14.4. The number of hydrogen-bond acceptors (Lipinski definition) is 3. The Morgan fingerprint density at radius 3 is 1.71 bits per heavy atom. The minimum atomic E-state index is 0.851. The van der Waals surface area contributed by atoms with E-state index in [0.717, 1.165) is 50.2 Å². The molecule has 42 heavy (non-hydrogen) atoms. The molecular weight excluding hydrogens is 510 g/mol. The summed E-state index contributed by atoms with van der Waals surface area (Å²) in [7, 11) is 0. The van der Waals surface area contributed by atoms with E-state index < -0.39 is 0 Å². The van der Waals surface area contributed by atoms with Crippen LogP contribution in [-0.2, 0) is 0 Å². The minimum Gasteiger partial charge on any atom is -0.255 e. The van der Waals surface area contributed by atoms with E-state index in [-0.39, 0.29) is 0 Å². The van der Waals surface area contributed by atoms with Crippen LogP contribution >= 0.6 is 0 Å². The molecule has 0 radical (unpaired) electrons. The second kappa shape index (κ2) is 10.1. The molecule has 0 N–H and O–H groups in total. The predicted octanol–water partition coefficient (Wildman–Crippen LogP) is 10.00. The molecule has 3 heterocycles. The van der Waals surface area contributed by atoms with E-state index in [1.54, 1.807) is 6.20 Å². The van der Waals surface area contributed by atoms with Crippen molar-refractivity contribution in [3.05, 3.63) is 152 Å². The zero-order chi connectivity index (χ0) is 27.9. The van der Waals surface area contributed by atoms with Crippen LogP contribution < -0.4 is 0 Å². The summed E-state index contributed by atoms with van der Waals surface area (Å²) < 4.78 is 0. The van der Waals surface area contributed by atoms with Gasteiger partial charge in [-0.1, -0.05) is 91.0 Å². The Morgan fingerprint density at radius 2 is 1.00 bits per heavy atom. The monoisotopic (exact) mass is 535 g/mol. The smallest absolute Gasteiger partial charge is 0.0886 e. The number of fused-ring (bicyclic) bond motifs is 3. The highest BCUT2D eigenvalue weighted by Crippen LogP contribution is 2.36. The molecular formula is C39H25N3. The van der Waals surface area contributed by atoms with Crippen LogP contribution in [0.25, 0.3) is 77.3 Å². The van der Waals surface area contributed by atoms with Gasteiger partial charge >= 0.3 is 0 Å². The first-order valence-corrected chi connectivity index (χ1v) is 14.1. The normalized spacial score (nSPS) is 11.3. The summed E-state index contributed by atoms with van der Waals surface area (Å²) in [5.41, 5.74) is 9.18. The summed E-state index contributed by atoms with van der Waals surface area (Å²) in [6, 6.07) is 49.0. The topological polar surface area (TPSA) is 38.7 Å². The summed E-state index contributed by atoms with van der Waals surface area (Å²) in [6.07, 6.45) is 3.75. The zero-order valence-electron chi connectivity index (χ0n) is 22.8. The number of rotatable bonds is 4. The first kappa shape index (κ1) is 24.2. The molecule has 3 nitrogen and oxygen atoms in total. The van der Waals surface area contributed by atoms with Gasteiger partial charge in [-0.05, 0) is 86.8 Å². The average Bonchev–Trinajstić information content (AvgIpc) is 3.07. The van der Waals surface area contributed by atoms with Gasteiger partial charge in [0.1, 0.15) is 0 Å². The van der Waals surface area contributed by atoms with Crippen LogP contribution in [0, 0.1) is 0 Å². The highest BCUT2D eigenvalue weighted by Gasteiger charge is 2.13. The molecule has 3 aromatic heterocycles. The number of aromatic nitrogens is 3. The lowest BCUT2D eigenvalue weighted by atomic mass is 9.95. The van der Waals surface area contributed by atoms with Crippen molar-refractivity contribution in [2.45, 2.75) is 0 Å². The van der Waals surface area contributed by atoms with Gasteiger partial charge in [-0.15, -0.1) is 0 Å². The maximum atomic E-state index is 5.16. The van der Waals surface area contributed by atoms with Crippen LogP contribution in [0.3, 0.4) is 0 Å². The van der Waals surface area contributed by atoms with Crippen LogP contribution in [0.15, 0.2) is 152 Å². The average molecular weight is 536 g/mol. The van der Waals surface area contributed by atoms with Crippen molar-refractivity contribution in [2.24, 2.45) is 0 Å². The molecule has 0 aliphatic carbocycles.